The number of hydrogen-bond donors (Lipinski definition) is 2. The third-order valence-corrected chi connectivity index (χ3v) is 4.64. The van der Waals surface area contributed by atoms with E-state index >= 15 is 0 Å². The zero-order chi connectivity index (χ0) is 19.9. The summed E-state index contributed by atoms with van der Waals surface area (Å²) in [5, 5.41) is 5.26. The molecule has 0 aromatic heterocycles. The van der Waals surface area contributed by atoms with Crippen molar-refractivity contribution >= 4 is 28.9 Å². The van der Waals surface area contributed by atoms with Gasteiger partial charge in [0.2, 0.25) is 5.91 Å². The molecule has 9 heteroatoms. The van der Waals surface area contributed by atoms with Crippen LogP contribution in [0, 0.1) is 0 Å². The number of fused-ring (bicyclic) bond motifs is 1. The van der Waals surface area contributed by atoms with Crippen molar-refractivity contribution in [1.29, 1.82) is 0 Å². The number of rotatable bonds is 3. The van der Waals surface area contributed by atoms with Gasteiger partial charge in [0, 0.05) is 12.2 Å². The SMILES string of the molecule is O=C1COc2c(cc(C(F)(F)F)cc2NC2CCN(c3ccccc3)C2=O)N1. The average molecular weight is 391 g/mol. The van der Waals surface area contributed by atoms with Crippen molar-refractivity contribution in [3.63, 3.8) is 0 Å². The van der Waals surface area contributed by atoms with Gasteiger partial charge >= 0.3 is 6.18 Å². The molecule has 4 rings (SSSR count). The van der Waals surface area contributed by atoms with Crippen LogP contribution in [0.4, 0.5) is 30.2 Å². The first-order valence-corrected chi connectivity index (χ1v) is 8.64. The fourth-order valence-electron chi connectivity index (χ4n) is 3.34. The lowest BCUT2D eigenvalue weighted by Crippen LogP contribution is -2.34. The number of amides is 2. The van der Waals surface area contributed by atoms with Crippen LogP contribution in [-0.2, 0) is 15.8 Å². The van der Waals surface area contributed by atoms with Gasteiger partial charge in [-0.15, -0.1) is 0 Å². The number of para-hydroxylation sites is 1. The number of benzene rings is 2. The molecule has 0 radical (unpaired) electrons. The van der Waals surface area contributed by atoms with Gasteiger partial charge in [0.1, 0.15) is 6.04 Å². The van der Waals surface area contributed by atoms with Crippen LogP contribution in [0.5, 0.6) is 5.75 Å². The number of nitrogens with one attached hydrogen (secondary N) is 2. The summed E-state index contributed by atoms with van der Waals surface area (Å²) in [7, 11) is 0. The molecule has 6 nitrogen and oxygen atoms in total. The van der Waals surface area contributed by atoms with Crippen molar-refractivity contribution in [3.8, 4) is 5.75 Å². The summed E-state index contributed by atoms with van der Waals surface area (Å²) in [4.78, 5) is 25.8. The van der Waals surface area contributed by atoms with Crippen molar-refractivity contribution in [2.75, 3.05) is 28.7 Å². The second kappa shape index (κ2) is 6.74. The first-order valence-electron chi connectivity index (χ1n) is 8.64. The molecule has 0 bridgehead atoms. The molecular formula is C19H16F3N3O3. The minimum absolute atomic E-state index is 0.0260. The van der Waals surface area contributed by atoms with E-state index in [1.165, 1.54) is 0 Å². The second-order valence-electron chi connectivity index (χ2n) is 6.55. The maximum Gasteiger partial charge on any atom is 0.416 e. The van der Waals surface area contributed by atoms with Crippen molar-refractivity contribution in [3.05, 3.63) is 48.0 Å². The number of carbonyl (C=O) groups excluding carboxylic acids is 2. The molecule has 1 atom stereocenters. The molecule has 1 saturated heterocycles. The van der Waals surface area contributed by atoms with Crippen LogP contribution in [-0.4, -0.2) is 31.0 Å². The fraction of sp³-hybridized carbons (Fsp3) is 0.263. The Morgan fingerprint density at radius 1 is 1.14 bits per heavy atom. The highest BCUT2D eigenvalue weighted by molar-refractivity contribution is 6.02. The summed E-state index contributed by atoms with van der Waals surface area (Å²) >= 11 is 0. The number of anilines is 3. The Morgan fingerprint density at radius 3 is 2.61 bits per heavy atom. The topological polar surface area (TPSA) is 70.7 Å². The highest BCUT2D eigenvalue weighted by Crippen LogP contribution is 2.42. The lowest BCUT2D eigenvalue weighted by atomic mass is 10.1. The van der Waals surface area contributed by atoms with E-state index in [1.807, 2.05) is 18.2 Å². The largest absolute Gasteiger partial charge is 0.479 e. The van der Waals surface area contributed by atoms with Crippen molar-refractivity contribution in [1.82, 2.24) is 0 Å². The van der Waals surface area contributed by atoms with Gasteiger partial charge in [-0.1, -0.05) is 18.2 Å². The number of ether oxygens (including phenoxy) is 1. The lowest BCUT2D eigenvalue weighted by Gasteiger charge is -2.24. The van der Waals surface area contributed by atoms with Crippen LogP contribution in [0.3, 0.4) is 0 Å². The van der Waals surface area contributed by atoms with Crippen molar-refractivity contribution in [2.24, 2.45) is 0 Å². The molecule has 146 valence electrons. The summed E-state index contributed by atoms with van der Waals surface area (Å²) in [6.07, 6.45) is -4.19. The molecular weight excluding hydrogens is 375 g/mol. The number of nitrogens with zero attached hydrogens (tertiary/aromatic N) is 1. The van der Waals surface area contributed by atoms with E-state index in [2.05, 4.69) is 10.6 Å². The number of halogens is 3. The molecule has 0 saturated carbocycles. The Labute approximate surface area is 158 Å². The fourth-order valence-corrected chi connectivity index (χ4v) is 3.34. The minimum atomic E-state index is -4.61. The van der Waals surface area contributed by atoms with Crippen LogP contribution in [0.15, 0.2) is 42.5 Å². The maximum atomic E-state index is 13.3. The Kier molecular flexibility index (Phi) is 4.37. The maximum absolute atomic E-state index is 13.3. The number of hydrogen-bond acceptors (Lipinski definition) is 4. The summed E-state index contributed by atoms with van der Waals surface area (Å²) in [6.45, 7) is 0.140. The van der Waals surface area contributed by atoms with E-state index in [9.17, 15) is 22.8 Å². The lowest BCUT2D eigenvalue weighted by molar-refractivity contribution is -0.137. The smallest absolute Gasteiger partial charge is 0.416 e. The van der Waals surface area contributed by atoms with E-state index in [1.54, 1.807) is 17.0 Å². The molecule has 0 aliphatic carbocycles. The van der Waals surface area contributed by atoms with E-state index in [0.717, 1.165) is 17.8 Å². The Hall–Kier alpha value is -3.23. The zero-order valence-electron chi connectivity index (χ0n) is 14.5. The van der Waals surface area contributed by atoms with Crippen LogP contribution in [0.25, 0.3) is 0 Å². The normalized spacial score (nSPS) is 19.1. The minimum Gasteiger partial charge on any atom is -0.479 e. The van der Waals surface area contributed by atoms with Gasteiger partial charge in [0.15, 0.2) is 12.4 Å². The van der Waals surface area contributed by atoms with Gasteiger partial charge in [0.05, 0.1) is 16.9 Å². The van der Waals surface area contributed by atoms with Gasteiger partial charge in [0.25, 0.3) is 5.91 Å². The highest BCUT2D eigenvalue weighted by atomic mass is 19.4. The van der Waals surface area contributed by atoms with Crippen molar-refractivity contribution in [2.45, 2.75) is 18.6 Å². The third kappa shape index (κ3) is 3.35. The number of carbonyl (C=O) groups is 2. The number of alkyl halides is 3. The van der Waals surface area contributed by atoms with E-state index in [-0.39, 0.29) is 29.6 Å². The van der Waals surface area contributed by atoms with Crippen LogP contribution >= 0.6 is 0 Å². The monoisotopic (exact) mass is 391 g/mol. The van der Waals surface area contributed by atoms with Gasteiger partial charge in [-0.25, -0.2) is 0 Å². The molecule has 2 aliphatic heterocycles. The highest BCUT2D eigenvalue weighted by Gasteiger charge is 2.37. The molecule has 2 aromatic carbocycles. The zero-order valence-corrected chi connectivity index (χ0v) is 14.5. The quantitative estimate of drug-likeness (QED) is 0.843. The Bertz CT molecular complexity index is 931. The predicted molar refractivity (Wildman–Crippen MR) is 96.4 cm³/mol. The molecule has 1 fully saturated rings. The molecule has 2 aromatic rings. The molecule has 28 heavy (non-hydrogen) atoms. The molecule has 2 amide bonds. The summed E-state index contributed by atoms with van der Waals surface area (Å²) in [6, 6.07) is 10.1. The summed E-state index contributed by atoms with van der Waals surface area (Å²) in [5.74, 6) is -0.680. The molecule has 2 heterocycles. The van der Waals surface area contributed by atoms with E-state index in [0.29, 0.717) is 13.0 Å². The van der Waals surface area contributed by atoms with Gasteiger partial charge in [-0.3, -0.25) is 9.59 Å². The van der Waals surface area contributed by atoms with E-state index in [4.69, 9.17) is 4.74 Å². The van der Waals surface area contributed by atoms with E-state index < -0.39 is 23.7 Å². The predicted octanol–water partition coefficient (Wildman–Crippen LogP) is 3.25. The third-order valence-electron chi connectivity index (χ3n) is 4.64. The summed E-state index contributed by atoms with van der Waals surface area (Å²) in [5.41, 5.74) is -0.256. The van der Waals surface area contributed by atoms with Crippen LogP contribution < -0.4 is 20.3 Å². The second-order valence-corrected chi connectivity index (χ2v) is 6.55. The van der Waals surface area contributed by atoms with Crippen molar-refractivity contribution < 1.29 is 27.5 Å². The molecule has 2 N–H and O–H groups in total. The van der Waals surface area contributed by atoms with Gasteiger partial charge < -0.3 is 20.3 Å². The van der Waals surface area contributed by atoms with Crippen LogP contribution in [0.2, 0.25) is 0 Å². The first kappa shape index (κ1) is 18.1. The standard InChI is InChI=1S/C19H16F3N3O3/c20-19(21,22)11-8-14(17-15(9-11)24-16(26)10-28-17)23-13-6-7-25(18(13)27)12-4-2-1-3-5-12/h1-5,8-9,13,23H,6-7,10H2,(H,24,26). The molecule has 1 unspecified atom stereocenters. The molecule has 2 aliphatic rings. The van der Waals surface area contributed by atoms with Crippen LogP contribution in [0.1, 0.15) is 12.0 Å². The molecule has 0 spiro atoms. The van der Waals surface area contributed by atoms with Gasteiger partial charge in [-0.05, 0) is 30.7 Å². The average Bonchev–Trinajstić information content (AvgIpc) is 3.01. The summed E-state index contributed by atoms with van der Waals surface area (Å²) < 4.78 is 45.1. The van der Waals surface area contributed by atoms with Gasteiger partial charge in [-0.2, -0.15) is 13.2 Å². The Morgan fingerprint density at radius 2 is 1.89 bits per heavy atom. The Balaban J connectivity index is 1.63. The first-order chi connectivity index (χ1) is 13.3.